The molecule has 1 aromatic heterocycles. The van der Waals surface area contributed by atoms with Crippen LogP contribution in [0.25, 0.3) is 10.9 Å². The number of nitrogens with two attached hydrogens (primary N) is 1. The third kappa shape index (κ3) is 9.43. The van der Waals surface area contributed by atoms with E-state index in [9.17, 15) is 14.7 Å². The summed E-state index contributed by atoms with van der Waals surface area (Å²) in [5.74, 6) is 0.453. The van der Waals surface area contributed by atoms with Crippen molar-refractivity contribution in [1.29, 1.82) is 0 Å². The van der Waals surface area contributed by atoms with Crippen molar-refractivity contribution in [2.75, 3.05) is 32.7 Å². The normalized spacial score (nSPS) is 15.5. The number of amides is 1. The average Bonchev–Trinajstić information content (AvgIpc) is 3.66. The quantitative estimate of drug-likeness (QED) is 0.0631. The molecule has 53 heavy (non-hydrogen) atoms. The molecule has 8 nitrogen and oxygen atoms in total. The summed E-state index contributed by atoms with van der Waals surface area (Å²) >= 11 is 0. The van der Waals surface area contributed by atoms with Crippen LogP contribution in [0.2, 0.25) is 0 Å². The molecule has 8 heteroatoms. The van der Waals surface area contributed by atoms with E-state index in [1.54, 1.807) is 6.07 Å². The Bertz CT molecular complexity index is 1890. The number of pyridine rings is 1. The third-order valence-electron chi connectivity index (χ3n) is 10.9. The van der Waals surface area contributed by atoms with Gasteiger partial charge in [-0.15, -0.1) is 0 Å². The van der Waals surface area contributed by atoms with Crippen LogP contribution >= 0.6 is 0 Å². The first kappa shape index (κ1) is 38.0. The van der Waals surface area contributed by atoms with Gasteiger partial charge >= 0.3 is 0 Å². The van der Waals surface area contributed by atoms with Gasteiger partial charge in [0.05, 0.1) is 11.6 Å². The lowest BCUT2D eigenvalue weighted by molar-refractivity contribution is -0.123. The third-order valence-corrected chi connectivity index (χ3v) is 10.9. The Kier molecular flexibility index (Phi) is 13.5. The molecule has 2 atom stereocenters. The largest absolute Gasteiger partial charge is 0.487 e. The second-order valence-corrected chi connectivity index (χ2v) is 14.4. The number of carbonyl (C=O) groups is 1. The summed E-state index contributed by atoms with van der Waals surface area (Å²) in [6.07, 6.45) is 8.48. The van der Waals surface area contributed by atoms with Crippen LogP contribution in [0.1, 0.15) is 79.7 Å². The summed E-state index contributed by atoms with van der Waals surface area (Å²) < 4.78 is 6.05. The van der Waals surface area contributed by atoms with Gasteiger partial charge in [0.25, 0.3) is 0 Å². The Labute approximate surface area is 313 Å². The zero-order valence-corrected chi connectivity index (χ0v) is 30.7. The molecule has 4 aromatic carbocycles. The van der Waals surface area contributed by atoms with Gasteiger partial charge in [-0.2, -0.15) is 0 Å². The van der Waals surface area contributed by atoms with Crippen LogP contribution in [0.15, 0.2) is 120 Å². The molecule has 2 heterocycles. The van der Waals surface area contributed by atoms with Gasteiger partial charge in [-0.3, -0.25) is 9.59 Å². The van der Waals surface area contributed by atoms with Crippen LogP contribution in [-0.2, 0) is 16.8 Å². The van der Waals surface area contributed by atoms with Crippen LogP contribution < -0.4 is 21.3 Å². The van der Waals surface area contributed by atoms with Crippen LogP contribution in [0, 0.1) is 5.92 Å². The fourth-order valence-electron chi connectivity index (χ4n) is 8.13. The number of aromatic nitrogens is 1. The molecule has 1 fully saturated rings. The maximum atomic E-state index is 13.3. The van der Waals surface area contributed by atoms with Gasteiger partial charge < -0.3 is 30.8 Å². The number of aliphatic hydroxyl groups excluding tert-OH is 1. The highest BCUT2D eigenvalue weighted by atomic mass is 16.5. The first-order valence-corrected chi connectivity index (χ1v) is 19.3. The maximum absolute atomic E-state index is 13.3. The van der Waals surface area contributed by atoms with E-state index in [-0.39, 0.29) is 17.4 Å². The Morgan fingerprint density at radius 3 is 2.11 bits per heavy atom. The van der Waals surface area contributed by atoms with Gasteiger partial charge in [0, 0.05) is 24.5 Å². The van der Waals surface area contributed by atoms with Crippen LogP contribution in [0.4, 0.5) is 0 Å². The van der Waals surface area contributed by atoms with Gasteiger partial charge in [0.15, 0.2) is 0 Å². The van der Waals surface area contributed by atoms with Crippen molar-refractivity contribution in [2.45, 2.75) is 69.5 Å². The first-order chi connectivity index (χ1) is 26.0. The van der Waals surface area contributed by atoms with Crippen molar-refractivity contribution >= 4 is 16.8 Å². The molecule has 6 rings (SSSR count). The highest BCUT2D eigenvalue weighted by molar-refractivity contribution is 5.91. The molecule has 0 unspecified atom stereocenters. The number of hydrogen-bond donors (Lipinski definition) is 4. The van der Waals surface area contributed by atoms with Gasteiger partial charge in [-0.1, -0.05) is 129 Å². The minimum atomic E-state index is -0.829. The van der Waals surface area contributed by atoms with Gasteiger partial charge in [-0.05, 0) is 79.2 Å². The predicted octanol–water partition coefficient (Wildman–Crippen LogP) is 7.25. The number of unbranched alkanes of at least 4 members (excludes halogenated alkanes) is 6. The van der Waals surface area contributed by atoms with E-state index in [2.05, 4.69) is 39.5 Å². The number of benzene rings is 4. The number of rotatable bonds is 20. The number of nitrogens with one attached hydrogen (secondary N) is 2. The number of carbonyl (C=O) groups excluding carboxylic acids is 1. The summed E-state index contributed by atoms with van der Waals surface area (Å²) in [4.78, 5) is 30.9. The van der Waals surface area contributed by atoms with Gasteiger partial charge in [0.2, 0.25) is 11.5 Å². The number of aliphatic hydroxyl groups is 1. The number of fused-ring (bicyclic) bond motifs is 1. The monoisotopic (exact) mass is 714 g/mol. The zero-order valence-electron chi connectivity index (χ0n) is 30.7. The number of primary amides is 1. The molecule has 0 bridgehead atoms. The van der Waals surface area contributed by atoms with Gasteiger partial charge in [0.1, 0.15) is 17.8 Å². The predicted molar refractivity (Wildman–Crippen MR) is 213 cm³/mol. The van der Waals surface area contributed by atoms with Crippen molar-refractivity contribution in [3.63, 3.8) is 0 Å². The number of likely N-dealkylation sites (tertiary alicyclic amines) is 1. The molecule has 278 valence electrons. The Morgan fingerprint density at radius 2 is 1.45 bits per heavy atom. The number of nitrogens with zero attached hydrogens (tertiary/aromatic N) is 1. The minimum Gasteiger partial charge on any atom is -0.487 e. The van der Waals surface area contributed by atoms with E-state index < -0.39 is 11.5 Å². The van der Waals surface area contributed by atoms with E-state index in [0.717, 1.165) is 79.5 Å². The van der Waals surface area contributed by atoms with Gasteiger partial charge in [-0.25, -0.2) is 0 Å². The number of ether oxygens (including phenoxy) is 1. The topological polar surface area (TPSA) is 121 Å². The van der Waals surface area contributed by atoms with Crippen LogP contribution in [0.5, 0.6) is 5.75 Å². The van der Waals surface area contributed by atoms with E-state index in [1.165, 1.54) is 31.7 Å². The lowest BCUT2D eigenvalue weighted by Crippen LogP contribution is -2.49. The summed E-state index contributed by atoms with van der Waals surface area (Å²) in [5, 5.41) is 15.3. The SMILES string of the molecule is NC(=O)C(c1ccccc1)(c1ccccc1)[C@@H]1CCN(CCCCCCCCCNC[C@@H](O)c2ccc(OCc3ccccc3)c3[nH]c(=O)ccc23)C1. The number of aromatic amines is 1. The van der Waals surface area contributed by atoms with Crippen molar-refractivity contribution in [3.8, 4) is 5.75 Å². The molecule has 0 aliphatic carbocycles. The van der Waals surface area contributed by atoms with Crippen molar-refractivity contribution in [1.82, 2.24) is 15.2 Å². The zero-order chi connectivity index (χ0) is 36.9. The highest BCUT2D eigenvalue weighted by Crippen LogP contribution is 2.43. The maximum Gasteiger partial charge on any atom is 0.248 e. The second-order valence-electron chi connectivity index (χ2n) is 14.4. The Balaban J connectivity index is 0.877. The molecule has 0 radical (unpaired) electrons. The Hall–Kier alpha value is -4.76. The molecule has 5 N–H and O–H groups in total. The van der Waals surface area contributed by atoms with E-state index >= 15 is 0 Å². The molecule has 1 saturated heterocycles. The van der Waals surface area contributed by atoms with E-state index in [4.69, 9.17) is 10.5 Å². The molecular formula is C45H54N4O4. The highest BCUT2D eigenvalue weighted by Gasteiger charge is 2.49. The molecule has 1 aliphatic rings. The standard InChI is InChI=1S/C45H54N4O4/c46-44(52)45(35-19-11-7-12-20-35,36-21-13-8-14-22-36)37-27-30-49(32-37)29-16-5-3-1-2-4-15-28-47-31-40(50)38-23-25-41(43-39(38)24-26-42(51)48-43)53-33-34-17-9-6-10-18-34/h6-14,17-26,37,40,47,50H,1-5,15-16,27-33H2,(H2,46,52)(H,48,51)/t37-,40-/m1/s1. The molecule has 1 amide bonds. The van der Waals surface area contributed by atoms with E-state index in [1.807, 2.05) is 78.9 Å². The molecule has 5 aromatic rings. The molecule has 1 aliphatic heterocycles. The summed E-state index contributed by atoms with van der Waals surface area (Å²) in [6.45, 7) is 4.59. The fourth-order valence-corrected chi connectivity index (χ4v) is 8.13. The lowest BCUT2D eigenvalue weighted by Gasteiger charge is -2.37. The van der Waals surface area contributed by atoms with Crippen molar-refractivity contribution in [3.05, 3.63) is 148 Å². The van der Waals surface area contributed by atoms with Crippen molar-refractivity contribution < 1.29 is 14.6 Å². The smallest absolute Gasteiger partial charge is 0.248 e. The second kappa shape index (κ2) is 18.8. The molecule has 0 saturated carbocycles. The number of H-pyrrole nitrogens is 1. The molecule has 0 spiro atoms. The minimum absolute atomic E-state index is 0.134. The lowest BCUT2D eigenvalue weighted by atomic mass is 9.64. The fraction of sp³-hybridized carbons (Fsp3) is 0.378. The molecular weight excluding hydrogens is 661 g/mol. The average molecular weight is 715 g/mol. The van der Waals surface area contributed by atoms with Crippen molar-refractivity contribution in [2.24, 2.45) is 11.7 Å². The van der Waals surface area contributed by atoms with Crippen LogP contribution in [0.3, 0.4) is 0 Å². The number of hydrogen-bond acceptors (Lipinski definition) is 6. The summed E-state index contributed by atoms with van der Waals surface area (Å²) in [5.41, 5.74) is 9.61. The Morgan fingerprint density at radius 1 is 0.830 bits per heavy atom. The summed E-state index contributed by atoms with van der Waals surface area (Å²) in [7, 11) is 0. The first-order valence-electron chi connectivity index (χ1n) is 19.3. The van der Waals surface area contributed by atoms with Crippen LogP contribution in [-0.4, -0.2) is 53.6 Å². The summed E-state index contributed by atoms with van der Waals surface area (Å²) in [6, 6.07) is 37.1. The van der Waals surface area contributed by atoms with E-state index in [0.29, 0.717) is 24.4 Å².